The van der Waals surface area contributed by atoms with E-state index in [1.165, 1.54) is 42.5 Å². The Hall–Kier alpha value is -3.50. The van der Waals surface area contributed by atoms with Gasteiger partial charge in [-0.05, 0) is 48.5 Å². The first kappa shape index (κ1) is 22.7. The van der Waals surface area contributed by atoms with E-state index in [9.17, 15) is 31.5 Å². The molecular weight excluding hydrogens is 481 g/mol. The molecule has 1 aromatic heterocycles. The third-order valence-electron chi connectivity index (χ3n) is 4.86. The molecule has 0 aliphatic heterocycles. The fourth-order valence-corrected chi connectivity index (χ4v) is 4.62. The summed E-state index contributed by atoms with van der Waals surface area (Å²) >= 11 is 6.03. The molecule has 0 saturated carbocycles. The number of aromatic amines is 1. The average molecular weight is 495 g/mol. The van der Waals surface area contributed by atoms with E-state index in [1.54, 1.807) is 6.07 Å². The van der Waals surface area contributed by atoms with Crippen LogP contribution >= 0.6 is 11.6 Å². The van der Waals surface area contributed by atoms with Gasteiger partial charge in [0.15, 0.2) is 0 Å². The summed E-state index contributed by atoms with van der Waals surface area (Å²) < 4.78 is 68.2. The Labute approximate surface area is 190 Å². The Balaban J connectivity index is 2.08. The fraction of sp³-hybridized carbons (Fsp3) is 0.0455. The second-order valence-electron chi connectivity index (χ2n) is 7.04. The van der Waals surface area contributed by atoms with Gasteiger partial charge in [0.25, 0.3) is 15.6 Å². The number of rotatable bonds is 4. The van der Waals surface area contributed by atoms with E-state index in [2.05, 4.69) is 9.71 Å². The van der Waals surface area contributed by atoms with E-state index < -0.39 is 38.8 Å². The summed E-state index contributed by atoms with van der Waals surface area (Å²) in [6.07, 6.45) is -4.71. The number of fused-ring (bicyclic) bond motifs is 1. The second-order valence-corrected chi connectivity index (χ2v) is 9.16. The number of hydrogen-bond acceptors (Lipinski definition) is 4. The molecule has 1 heterocycles. The molecule has 3 aromatic carbocycles. The smallest absolute Gasteiger partial charge is 0.416 e. The minimum atomic E-state index is -4.71. The Morgan fingerprint density at radius 3 is 2.33 bits per heavy atom. The van der Waals surface area contributed by atoms with E-state index in [-0.39, 0.29) is 31.9 Å². The van der Waals surface area contributed by atoms with Crippen LogP contribution in [0.4, 0.5) is 18.9 Å². The molecule has 11 heteroatoms. The van der Waals surface area contributed by atoms with Crippen molar-refractivity contribution >= 4 is 38.2 Å². The van der Waals surface area contributed by atoms with E-state index in [0.29, 0.717) is 0 Å². The summed E-state index contributed by atoms with van der Waals surface area (Å²) in [6, 6.07) is 13.5. The number of hydrogen-bond donors (Lipinski definition) is 3. The molecule has 0 aliphatic rings. The standard InChI is InChI=1S/C22H14ClF3N2O4S/c23-13-7-9-18(29)16(11-13)19-15-10-12(22(24,25)26)6-8-17(15)27-21(30)20(19)28-33(31,32)14-4-2-1-3-5-14/h1-11,28-29H,(H,27,30). The molecular formula is C22H14ClF3N2O4S. The van der Waals surface area contributed by atoms with Crippen LogP contribution in [0.15, 0.2) is 76.4 Å². The van der Waals surface area contributed by atoms with Crippen LogP contribution in [0, 0.1) is 0 Å². The van der Waals surface area contributed by atoms with Gasteiger partial charge in [-0.2, -0.15) is 13.2 Å². The van der Waals surface area contributed by atoms with Crippen LogP contribution < -0.4 is 10.3 Å². The molecule has 0 saturated heterocycles. The molecule has 33 heavy (non-hydrogen) atoms. The lowest BCUT2D eigenvalue weighted by Gasteiger charge is -2.17. The first-order valence-corrected chi connectivity index (χ1v) is 11.2. The molecule has 170 valence electrons. The molecule has 4 aromatic rings. The third kappa shape index (κ3) is 4.39. The Kier molecular flexibility index (Phi) is 5.59. The molecule has 0 unspecified atom stereocenters. The maximum absolute atomic E-state index is 13.4. The van der Waals surface area contributed by atoms with Crippen LogP contribution in [-0.2, 0) is 16.2 Å². The van der Waals surface area contributed by atoms with E-state index in [0.717, 1.165) is 18.2 Å². The zero-order valence-corrected chi connectivity index (χ0v) is 18.0. The second kappa shape index (κ2) is 8.13. The monoisotopic (exact) mass is 494 g/mol. The summed E-state index contributed by atoms with van der Waals surface area (Å²) in [5.74, 6) is -0.413. The zero-order valence-electron chi connectivity index (χ0n) is 16.4. The molecule has 0 atom stereocenters. The number of H-pyrrole nitrogens is 1. The van der Waals surface area contributed by atoms with Gasteiger partial charge in [-0.3, -0.25) is 9.52 Å². The maximum atomic E-state index is 13.4. The van der Waals surface area contributed by atoms with Crippen molar-refractivity contribution in [3.05, 3.63) is 87.7 Å². The lowest BCUT2D eigenvalue weighted by molar-refractivity contribution is -0.137. The minimum Gasteiger partial charge on any atom is -0.507 e. The summed E-state index contributed by atoms with van der Waals surface area (Å²) in [5.41, 5.74) is -2.88. The lowest BCUT2D eigenvalue weighted by atomic mass is 9.97. The van der Waals surface area contributed by atoms with Crippen LogP contribution in [0.2, 0.25) is 5.02 Å². The summed E-state index contributed by atoms with van der Waals surface area (Å²) in [7, 11) is -4.30. The molecule has 0 bridgehead atoms. The number of nitrogens with one attached hydrogen (secondary N) is 2. The molecule has 0 aliphatic carbocycles. The summed E-state index contributed by atoms with van der Waals surface area (Å²) in [6.45, 7) is 0. The van der Waals surface area contributed by atoms with Gasteiger partial charge in [0.1, 0.15) is 11.4 Å². The van der Waals surface area contributed by atoms with E-state index in [1.807, 2.05) is 0 Å². The minimum absolute atomic E-state index is 0.00466. The highest BCUT2D eigenvalue weighted by molar-refractivity contribution is 7.92. The SMILES string of the molecule is O=c1[nH]c2ccc(C(F)(F)F)cc2c(-c2cc(Cl)ccc2O)c1NS(=O)(=O)c1ccccc1. The maximum Gasteiger partial charge on any atom is 0.416 e. The van der Waals surface area contributed by atoms with Crippen molar-refractivity contribution in [3.8, 4) is 16.9 Å². The van der Waals surface area contributed by atoms with Crippen LogP contribution in [0.25, 0.3) is 22.0 Å². The first-order chi connectivity index (χ1) is 15.5. The lowest BCUT2D eigenvalue weighted by Crippen LogP contribution is -2.21. The zero-order chi connectivity index (χ0) is 24.0. The number of phenols is 1. The van der Waals surface area contributed by atoms with Crippen LogP contribution in [0.3, 0.4) is 0 Å². The van der Waals surface area contributed by atoms with Crippen molar-refractivity contribution in [2.75, 3.05) is 4.72 Å². The number of sulfonamides is 1. The van der Waals surface area contributed by atoms with E-state index in [4.69, 9.17) is 11.6 Å². The van der Waals surface area contributed by atoms with Crippen LogP contribution in [-0.4, -0.2) is 18.5 Å². The van der Waals surface area contributed by atoms with Gasteiger partial charge >= 0.3 is 6.18 Å². The third-order valence-corrected chi connectivity index (χ3v) is 6.46. The molecule has 0 amide bonds. The highest BCUT2D eigenvalue weighted by atomic mass is 35.5. The predicted octanol–water partition coefficient (Wildman–Crippen LogP) is 5.37. The Bertz CT molecular complexity index is 1540. The largest absolute Gasteiger partial charge is 0.507 e. The van der Waals surface area contributed by atoms with Gasteiger partial charge in [0, 0.05) is 27.1 Å². The van der Waals surface area contributed by atoms with Crippen molar-refractivity contribution in [1.82, 2.24) is 4.98 Å². The Morgan fingerprint density at radius 1 is 0.970 bits per heavy atom. The topological polar surface area (TPSA) is 99.3 Å². The molecule has 0 spiro atoms. The van der Waals surface area contributed by atoms with Gasteiger partial charge in [-0.1, -0.05) is 29.8 Å². The normalized spacial score (nSPS) is 12.1. The fourth-order valence-electron chi connectivity index (χ4n) is 3.35. The van der Waals surface area contributed by atoms with Crippen molar-refractivity contribution in [1.29, 1.82) is 0 Å². The van der Waals surface area contributed by atoms with Gasteiger partial charge in [0.05, 0.1) is 10.5 Å². The summed E-state index contributed by atoms with van der Waals surface area (Å²) in [4.78, 5) is 15.1. The molecule has 4 rings (SSSR count). The molecule has 3 N–H and O–H groups in total. The molecule has 0 radical (unpaired) electrons. The highest BCUT2D eigenvalue weighted by Crippen LogP contribution is 2.41. The quantitative estimate of drug-likeness (QED) is 0.355. The summed E-state index contributed by atoms with van der Waals surface area (Å²) in [5, 5.41) is 10.4. The number of halogens is 4. The number of benzene rings is 3. The van der Waals surface area contributed by atoms with Crippen LogP contribution in [0.1, 0.15) is 5.56 Å². The van der Waals surface area contributed by atoms with Crippen molar-refractivity contribution in [2.45, 2.75) is 11.1 Å². The first-order valence-electron chi connectivity index (χ1n) is 9.31. The molecule has 6 nitrogen and oxygen atoms in total. The van der Waals surface area contributed by atoms with Gasteiger partial charge in [-0.15, -0.1) is 0 Å². The van der Waals surface area contributed by atoms with Crippen LogP contribution in [0.5, 0.6) is 5.75 Å². The number of alkyl halides is 3. The van der Waals surface area contributed by atoms with Gasteiger partial charge in [-0.25, -0.2) is 8.42 Å². The average Bonchev–Trinajstić information content (AvgIpc) is 2.76. The number of pyridine rings is 1. The molecule has 0 fully saturated rings. The van der Waals surface area contributed by atoms with Crippen molar-refractivity contribution in [3.63, 3.8) is 0 Å². The highest BCUT2D eigenvalue weighted by Gasteiger charge is 2.32. The van der Waals surface area contributed by atoms with Crippen molar-refractivity contribution in [2.24, 2.45) is 0 Å². The van der Waals surface area contributed by atoms with Gasteiger partial charge < -0.3 is 10.1 Å². The number of aromatic nitrogens is 1. The van der Waals surface area contributed by atoms with Crippen molar-refractivity contribution < 1.29 is 26.7 Å². The Morgan fingerprint density at radius 2 is 1.67 bits per heavy atom. The van der Waals surface area contributed by atoms with Gasteiger partial charge in [0.2, 0.25) is 0 Å². The number of anilines is 1. The number of aromatic hydroxyl groups is 1. The number of phenolic OH excluding ortho intramolecular Hbond substituents is 1. The predicted molar refractivity (Wildman–Crippen MR) is 119 cm³/mol. The van der Waals surface area contributed by atoms with E-state index >= 15 is 0 Å².